The van der Waals surface area contributed by atoms with Crippen molar-refractivity contribution in [2.24, 2.45) is 0 Å². The van der Waals surface area contributed by atoms with Crippen LogP contribution in [0.2, 0.25) is 0 Å². The molecule has 19 heavy (non-hydrogen) atoms. The van der Waals surface area contributed by atoms with Gasteiger partial charge >= 0.3 is 5.97 Å². The molecule has 0 bridgehead atoms. The smallest absolute Gasteiger partial charge is 0.341 e. The van der Waals surface area contributed by atoms with Crippen LogP contribution in [0.1, 0.15) is 10.4 Å². The first kappa shape index (κ1) is 13.6. The highest BCUT2D eigenvalue weighted by molar-refractivity contribution is 9.10. The summed E-state index contributed by atoms with van der Waals surface area (Å²) in [6, 6.07) is 6.21. The number of carboxylic acid groups (broad SMARTS) is 1. The molecule has 0 heterocycles. The normalized spacial score (nSPS) is 10.5. The number of hydrogen-bond donors (Lipinski definition) is 1. The topological polar surface area (TPSA) is 37.3 Å². The summed E-state index contributed by atoms with van der Waals surface area (Å²) in [5.74, 6) is -4.92. The third-order valence-corrected chi connectivity index (χ3v) is 3.31. The van der Waals surface area contributed by atoms with Crippen LogP contribution in [0.5, 0.6) is 0 Å². The Morgan fingerprint density at radius 1 is 1.05 bits per heavy atom. The van der Waals surface area contributed by atoms with Crippen LogP contribution in [-0.2, 0) is 0 Å². The van der Waals surface area contributed by atoms with Crippen LogP contribution in [0.4, 0.5) is 13.2 Å². The molecule has 0 spiro atoms. The maximum Gasteiger partial charge on any atom is 0.341 e. The van der Waals surface area contributed by atoms with E-state index < -0.39 is 29.0 Å². The van der Waals surface area contributed by atoms with E-state index in [2.05, 4.69) is 15.9 Å². The lowest BCUT2D eigenvalue weighted by molar-refractivity contribution is 0.0686. The minimum Gasteiger partial charge on any atom is -0.477 e. The van der Waals surface area contributed by atoms with Gasteiger partial charge in [0.1, 0.15) is 17.2 Å². The molecular weight excluding hydrogens is 325 g/mol. The Balaban J connectivity index is 2.75. The zero-order chi connectivity index (χ0) is 14.2. The van der Waals surface area contributed by atoms with Gasteiger partial charge in [-0.25, -0.2) is 18.0 Å². The van der Waals surface area contributed by atoms with Crippen molar-refractivity contribution in [3.8, 4) is 11.1 Å². The van der Waals surface area contributed by atoms with E-state index in [0.717, 1.165) is 12.1 Å². The van der Waals surface area contributed by atoms with Gasteiger partial charge < -0.3 is 5.11 Å². The summed E-state index contributed by atoms with van der Waals surface area (Å²) >= 11 is 2.83. The van der Waals surface area contributed by atoms with E-state index >= 15 is 0 Å². The average molecular weight is 331 g/mol. The molecule has 2 nitrogen and oxygen atoms in total. The molecule has 0 unspecified atom stereocenters. The number of aromatic carboxylic acids is 1. The maximum absolute atomic E-state index is 13.8. The Morgan fingerprint density at radius 3 is 2.26 bits per heavy atom. The van der Waals surface area contributed by atoms with Crippen LogP contribution in [0.25, 0.3) is 11.1 Å². The Bertz CT molecular complexity index is 671. The molecule has 6 heteroatoms. The Labute approximate surface area is 114 Å². The Hall–Kier alpha value is -1.82. The molecule has 0 saturated carbocycles. The van der Waals surface area contributed by atoms with Crippen LogP contribution in [0.15, 0.2) is 34.8 Å². The van der Waals surface area contributed by atoms with Gasteiger partial charge in [-0.05, 0) is 28.1 Å². The molecule has 0 aliphatic rings. The van der Waals surface area contributed by atoms with Gasteiger partial charge in [0.05, 0.1) is 4.47 Å². The summed E-state index contributed by atoms with van der Waals surface area (Å²) in [5, 5.41) is 8.71. The second-order valence-corrected chi connectivity index (χ2v) is 4.49. The zero-order valence-electron chi connectivity index (χ0n) is 9.25. The van der Waals surface area contributed by atoms with Gasteiger partial charge in [-0.15, -0.1) is 0 Å². The SMILES string of the molecule is O=C(O)c1c(F)cc(-c2ccccc2F)c(Br)c1F. The average Bonchev–Trinajstić information content (AvgIpc) is 2.34. The van der Waals surface area contributed by atoms with Crippen LogP contribution in [0.3, 0.4) is 0 Å². The van der Waals surface area contributed by atoms with Crippen LogP contribution < -0.4 is 0 Å². The third-order valence-electron chi connectivity index (χ3n) is 2.54. The fraction of sp³-hybridized carbons (Fsp3) is 0. The van der Waals surface area contributed by atoms with Crippen LogP contribution >= 0.6 is 15.9 Å². The standard InChI is InChI=1S/C13H6BrF3O2/c14-11-7(6-3-1-2-4-8(6)15)5-9(16)10(12(11)17)13(18)19/h1-5H,(H,18,19). The van der Waals surface area contributed by atoms with Crippen molar-refractivity contribution >= 4 is 21.9 Å². The molecule has 2 aromatic carbocycles. The molecule has 0 saturated heterocycles. The quantitative estimate of drug-likeness (QED) is 0.836. The minimum atomic E-state index is -1.73. The molecule has 2 aromatic rings. The van der Waals surface area contributed by atoms with Crippen molar-refractivity contribution in [3.05, 3.63) is 57.8 Å². The Kier molecular flexibility index (Phi) is 3.61. The first-order valence-corrected chi connectivity index (χ1v) is 5.88. The number of carbonyl (C=O) groups is 1. The molecule has 2 rings (SSSR count). The molecule has 0 amide bonds. The van der Waals surface area contributed by atoms with Crippen LogP contribution in [-0.4, -0.2) is 11.1 Å². The van der Waals surface area contributed by atoms with Crippen molar-refractivity contribution in [1.29, 1.82) is 0 Å². The lowest BCUT2D eigenvalue weighted by Gasteiger charge is -2.09. The number of benzene rings is 2. The summed E-state index contributed by atoms with van der Waals surface area (Å²) in [6.07, 6.45) is 0. The maximum atomic E-state index is 13.8. The zero-order valence-corrected chi connectivity index (χ0v) is 10.8. The molecule has 0 atom stereocenters. The highest BCUT2D eigenvalue weighted by Gasteiger charge is 2.23. The Morgan fingerprint density at radius 2 is 1.68 bits per heavy atom. The minimum absolute atomic E-state index is 0.0240. The second-order valence-electron chi connectivity index (χ2n) is 3.69. The van der Waals surface area contributed by atoms with Crippen molar-refractivity contribution in [2.75, 3.05) is 0 Å². The van der Waals surface area contributed by atoms with Crippen LogP contribution in [0, 0.1) is 17.5 Å². The second kappa shape index (κ2) is 5.05. The third kappa shape index (κ3) is 2.35. The lowest BCUT2D eigenvalue weighted by Crippen LogP contribution is -2.06. The van der Waals surface area contributed by atoms with Gasteiger partial charge in [-0.3, -0.25) is 0 Å². The fourth-order valence-electron chi connectivity index (χ4n) is 1.67. The van der Waals surface area contributed by atoms with Gasteiger partial charge in [-0.2, -0.15) is 0 Å². The van der Waals surface area contributed by atoms with E-state index in [9.17, 15) is 18.0 Å². The number of halogens is 4. The monoisotopic (exact) mass is 330 g/mol. The summed E-state index contributed by atoms with van der Waals surface area (Å²) in [7, 11) is 0. The molecule has 0 fully saturated rings. The molecule has 0 aromatic heterocycles. The van der Waals surface area contributed by atoms with E-state index in [4.69, 9.17) is 5.11 Å². The number of carboxylic acids is 1. The molecule has 98 valence electrons. The van der Waals surface area contributed by atoms with Gasteiger partial charge in [0.25, 0.3) is 0 Å². The summed E-state index contributed by atoms with van der Waals surface area (Å²) in [6.45, 7) is 0. The van der Waals surface area contributed by atoms with Gasteiger partial charge in [-0.1, -0.05) is 18.2 Å². The highest BCUT2D eigenvalue weighted by Crippen LogP contribution is 2.34. The summed E-state index contributed by atoms with van der Waals surface area (Å²) in [4.78, 5) is 10.7. The van der Waals surface area contributed by atoms with Gasteiger partial charge in [0.15, 0.2) is 5.82 Å². The molecule has 0 aliphatic carbocycles. The van der Waals surface area contributed by atoms with E-state index in [0.29, 0.717) is 0 Å². The van der Waals surface area contributed by atoms with Crippen molar-refractivity contribution in [2.45, 2.75) is 0 Å². The molecule has 0 radical (unpaired) electrons. The van der Waals surface area contributed by atoms with Gasteiger partial charge in [0, 0.05) is 11.1 Å². The van der Waals surface area contributed by atoms with E-state index in [1.165, 1.54) is 18.2 Å². The molecule has 1 N–H and O–H groups in total. The fourth-order valence-corrected chi connectivity index (χ4v) is 2.19. The lowest BCUT2D eigenvalue weighted by atomic mass is 10.0. The highest BCUT2D eigenvalue weighted by atomic mass is 79.9. The van der Waals surface area contributed by atoms with E-state index in [1.54, 1.807) is 0 Å². The predicted octanol–water partition coefficient (Wildman–Crippen LogP) is 4.23. The van der Waals surface area contributed by atoms with E-state index in [-0.39, 0.29) is 15.6 Å². The predicted molar refractivity (Wildman–Crippen MR) is 66.4 cm³/mol. The number of hydrogen-bond acceptors (Lipinski definition) is 1. The first-order chi connectivity index (χ1) is 8.93. The molecule has 0 aliphatic heterocycles. The largest absolute Gasteiger partial charge is 0.477 e. The van der Waals surface area contributed by atoms with E-state index in [1.807, 2.05) is 0 Å². The number of rotatable bonds is 2. The molecular formula is C13H6BrF3O2. The summed E-state index contributed by atoms with van der Waals surface area (Å²) < 4.78 is 40.7. The van der Waals surface area contributed by atoms with Crippen molar-refractivity contribution in [3.63, 3.8) is 0 Å². The summed E-state index contributed by atoms with van der Waals surface area (Å²) in [5.41, 5.74) is -1.19. The van der Waals surface area contributed by atoms with Gasteiger partial charge in [0.2, 0.25) is 0 Å². The van der Waals surface area contributed by atoms with Crippen molar-refractivity contribution in [1.82, 2.24) is 0 Å². The van der Waals surface area contributed by atoms with Crippen molar-refractivity contribution < 1.29 is 23.1 Å². The first-order valence-electron chi connectivity index (χ1n) is 5.09.